The second-order valence-corrected chi connectivity index (χ2v) is 15.6. The van der Waals surface area contributed by atoms with Gasteiger partial charge in [-0.05, 0) is 105 Å². The number of halogens is 1. The van der Waals surface area contributed by atoms with Crippen LogP contribution in [0.1, 0.15) is 79.8 Å². The van der Waals surface area contributed by atoms with Gasteiger partial charge in [-0.2, -0.15) is 0 Å². The maximum atomic E-state index is 13.8. The number of allylic oxidation sites excluding steroid dienone is 1. The fourth-order valence-electron chi connectivity index (χ4n) is 7.37. The molecule has 0 aromatic heterocycles. The molecular weight excluding hydrogens is 634 g/mol. The van der Waals surface area contributed by atoms with Crippen LogP contribution >= 0.6 is 11.6 Å². The van der Waals surface area contributed by atoms with Crippen LogP contribution in [-0.2, 0) is 31.3 Å². The first kappa shape index (κ1) is 35.2. The molecule has 0 bridgehead atoms. The SMILES string of the molecule is C=CCCCC[S@@](=O)(=NC(=O)c1ccc2c(c1)N(C[C@@H]1CC[C@H]1[C@H](C=C)OC)C[C@@]1(CCCc3cc(Cl)ccc31)CO2)NC(=O)CC. The standard InChI is InChI=1S/C37H48ClN3O5S/c1-5-8-9-10-20-47(44,39-35(42)7-3)40-36(43)27-14-18-34-32(22-27)41(23-28-13-16-30(28)33(6-2)45-4)24-37(25-46-34)19-11-12-26-21-29(38)15-17-31(26)37/h5-6,14-15,17-18,21-22,28,30,33H,1-2,7-13,16,19-20,23-25H2,3-4H3,(H,39,40,42,43,44)/t28-,30+,33-,37-,47-/m0/s1. The van der Waals surface area contributed by atoms with Gasteiger partial charge < -0.3 is 14.4 Å². The van der Waals surface area contributed by atoms with E-state index in [0.717, 1.165) is 62.2 Å². The van der Waals surface area contributed by atoms with Gasteiger partial charge in [-0.15, -0.1) is 17.5 Å². The highest BCUT2D eigenvalue weighted by molar-refractivity contribution is 7.92. The Labute approximate surface area is 285 Å². The molecule has 1 fully saturated rings. The topological polar surface area (TPSA) is 97.3 Å². The van der Waals surface area contributed by atoms with Crippen molar-refractivity contribution in [2.75, 3.05) is 37.5 Å². The first-order chi connectivity index (χ1) is 22.6. The number of fused-ring (bicyclic) bond motifs is 3. The average Bonchev–Trinajstić information content (AvgIpc) is 3.20. The Balaban J connectivity index is 1.51. The van der Waals surface area contributed by atoms with Crippen LogP contribution in [0.3, 0.4) is 0 Å². The quantitative estimate of drug-likeness (QED) is 0.174. The molecule has 0 radical (unpaired) electrons. The Bertz CT molecular complexity index is 1620. The molecule has 8 nitrogen and oxygen atoms in total. The fraction of sp³-hybridized carbons (Fsp3) is 0.514. The van der Waals surface area contributed by atoms with Crippen molar-refractivity contribution in [1.29, 1.82) is 0 Å². The lowest BCUT2D eigenvalue weighted by Gasteiger charge is -2.46. The number of hydrogen-bond donors (Lipinski definition) is 1. The number of methoxy groups -OCH3 is 1. The van der Waals surface area contributed by atoms with Crippen LogP contribution in [0.15, 0.2) is 66.1 Å². The molecule has 1 saturated carbocycles. The summed E-state index contributed by atoms with van der Waals surface area (Å²) in [5.74, 6) is 0.495. The van der Waals surface area contributed by atoms with Gasteiger partial charge in [-0.3, -0.25) is 14.3 Å². The lowest BCUT2D eigenvalue weighted by molar-refractivity contribution is -0.118. The van der Waals surface area contributed by atoms with E-state index in [1.807, 2.05) is 24.3 Å². The summed E-state index contributed by atoms with van der Waals surface area (Å²) in [7, 11) is -1.57. The number of unbranched alkanes of at least 4 members (excludes halogenated alkanes) is 2. The molecule has 1 heterocycles. The van der Waals surface area contributed by atoms with E-state index in [4.69, 9.17) is 21.1 Å². The summed E-state index contributed by atoms with van der Waals surface area (Å²) in [5, 5.41) is 0.738. The van der Waals surface area contributed by atoms with Crippen molar-refractivity contribution in [3.8, 4) is 5.75 Å². The van der Waals surface area contributed by atoms with Crippen molar-refractivity contribution >= 4 is 39.0 Å². The molecule has 254 valence electrons. The minimum Gasteiger partial charge on any atom is -0.490 e. The number of benzene rings is 2. The van der Waals surface area contributed by atoms with Crippen LogP contribution in [0.25, 0.3) is 0 Å². The van der Waals surface area contributed by atoms with E-state index in [9.17, 15) is 13.8 Å². The van der Waals surface area contributed by atoms with Crippen molar-refractivity contribution in [3.05, 3.63) is 83.4 Å². The summed E-state index contributed by atoms with van der Waals surface area (Å²) in [6.45, 7) is 11.4. The number of carbonyl (C=O) groups excluding carboxylic acids is 2. The van der Waals surface area contributed by atoms with E-state index in [1.165, 1.54) is 11.1 Å². The molecule has 2 amide bonds. The molecule has 1 N–H and O–H groups in total. The summed E-state index contributed by atoms with van der Waals surface area (Å²) in [6.07, 6.45) is 11.0. The van der Waals surface area contributed by atoms with Crippen LogP contribution in [0.4, 0.5) is 5.69 Å². The Morgan fingerprint density at radius 2 is 2.06 bits per heavy atom. The van der Waals surface area contributed by atoms with Gasteiger partial charge in [0.1, 0.15) is 15.7 Å². The molecule has 2 aromatic rings. The summed E-state index contributed by atoms with van der Waals surface area (Å²) >= 11 is 6.43. The molecule has 10 heteroatoms. The van der Waals surface area contributed by atoms with Crippen molar-refractivity contribution in [2.45, 2.75) is 76.2 Å². The Hall–Kier alpha value is -3.14. The molecule has 2 aromatic carbocycles. The van der Waals surface area contributed by atoms with Gasteiger partial charge in [0.15, 0.2) is 0 Å². The van der Waals surface area contributed by atoms with Gasteiger partial charge in [-0.1, -0.05) is 36.7 Å². The number of anilines is 1. The van der Waals surface area contributed by atoms with Gasteiger partial charge in [0.2, 0.25) is 5.91 Å². The average molecular weight is 682 g/mol. The van der Waals surface area contributed by atoms with Gasteiger partial charge >= 0.3 is 0 Å². The number of nitrogens with one attached hydrogen (secondary N) is 1. The summed E-state index contributed by atoms with van der Waals surface area (Å²) in [6, 6.07) is 11.5. The Kier molecular flexibility index (Phi) is 11.5. The van der Waals surface area contributed by atoms with Crippen molar-refractivity contribution in [3.63, 3.8) is 0 Å². The lowest BCUT2D eigenvalue weighted by atomic mass is 9.68. The third-order valence-electron chi connectivity index (χ3n) is 10.0. The zero-order valence-corrected chi connectivity index (χ0v) is 29.3. The normalized spacial score (nSPS) is 23.5. The molecule has 1 aliphatic heterocycles. The van der Waals surface area contributed by atoms with Crippen LogP contribution in [0.5, 0.6) is 5.75 Å². The highest BCUT2D eigenvalue weighted by Crippen LogP contribution is 2.47. The van der Waals surface area contributed by atoms with E-state index < -0.39 is 21.7 Å². The second-order valence-electron chi connectivity index (χ2n) is 13.1. The van der Waals surface area contributed by atoms with Crippen LogP contribution in [0.2, 0.25) is 5.02 Å². The molecule has 47 heavy (non-hydrogen) atoms. The van der Waals surface area contributed by atoms with Gasteiger partial charge in [-0.25, -0.2) is 4.21 Å². The first-order valence-electron chi connectivity index (χ1n) is 16.8. The number of rotatable bonds is 13. The summed E-state index contributed by atoms with van der Waals surface area (Å²) in [5.41, 5.74) is 3.40. The fourth-order valence-corrected chi connectivity index (χ4v) is 9.28. The van der Waals surface area contributed by atoms with E-state index >= 15 is 0 Å². The second kappa shape index (κ2) is 15.4. The van der Waals surface area contributed by atoms with Crippen molar-refractivity contribution < 1.29 is 23.3 Å². The third kappa shape index (κ3) is 7.95. The molecule has 1 spiro atoms. The highest BCUT2D eigenvalue weighted by atomic mass is 35.5. The van der Waals surface area contributed by atoms with E-state index in [-0.39, 0.29) is 23.7 Å². The van der Waals surface area contributed by atoms with Gasteiger partial charge in [0.25, 0.3) is 5.91 Å². The van der Waals surface area contributed by atoms with E-state index in [2.05, 4.69) is 39.3 Å². The number of aryl methyl sites for hydroxylation is 1. The van der Waals surface area contributed by atoms with Crippen LogP contribution in [-0.4, -0.2) is 54.7 Å². The number of ether oxygens (including phenoxy) is 2. The predicted molar refractivity (Wildman–Crippen MR) is 190 cm³/mol. The van der Waals surface area contributed by atoms with Gasteiger partial charge in [0, 0.05) is 42.6 Å². The van der Waals surface area contributed by atoms with E-state index in [1.54, 1.807) is 26.2 Å². The maximum absolute atomic E-state index is 13.8. The van der Waals surface area contributed by atoms with Gasteiger partial charge in [0.05, 0.1) is 24.2 Å². The minimum atomic E-state index is -3.30. The number of amides is 2. The number of hydrogen-bond acceptors (Lipinski definition) is 6. The first-order valence-corrected chi connectivity index (χ1v) is 18.9. The smallest absolute Gasteiger partial charge is 0.286 e. The molecule has 2 aliphatic carbocycles. The largest absolute Gasteiger partial charge is 0.490 e. The summed E-state index contributed by atoms with van der Waals surface area (Å²) in [4.78, 5) is 28.4. The third-order valence-corrected chi connectivity index (χ3v) is 12.1. The monoisotopic (exact) mass is 681 g/mol. The zero-order chi connectivity index (χ0) is 33.6. The lowest BCUT2D eigenvalue weighted by Crippen LogP contribution is -2.49. The van der Waals surface area contributed by atoms with Crippen LogP contribution in [0, 0.1) is 11.8 Å². The van der Waals surface area contributed by atoms with Crippen molar-refractivity contribution in [1.82, 2.24) is 4.72 Å². The molecule has 3 aliphatic rings. The molecule has 0 saturated heterocycles. The number of carbonyl (C=O) groups is 2. The van der Waals surface area contributed by atoms with Crippen LogP contribution < -0.4 is 14.4 Å². The predicted octanol–water partition coefficient (Wildman–Crippen LogP) is 7.45. The Morgan fingerprint density at radius 1 is 1.23 bits per heavy atom. The minimum absolute atomic E-state index is 0.0207. The zero-order valence-electron chi connectivity index (χ0n) is 27.7. The molecule has 5 rings (SSSR count). The Morgan fingerprint density at radius 3 is 2.77 bits per heavy atom. The van der Waals surface area contributed by atoms with E-state index in [0.29, 0.717) is 42.7 Å². The molecular formula is C37H48ClN3O5S. The van der Waals surface area contributed by atoms with Crippen molar-refractivity contribution in [2.24, 2.45) is 16.2 Å². The maximum Gasteiger partial charge on any atom is 0.286 e. The summed E-state index contributed by atoms with van der Waals surface area (Å²) < 4.78 is 32.9. The molecule has 5 atom stereocenters. The highest BCUT2D eigenvalue weighted by Gasteiger charge is 2.44. The number of nitrogens with zero attached hydrogens (tertiary/aromatic N) is 2. The molecule has 0 unspecified atom stereocenters.